The molecule has 0 aliphatic heterocycles. The first-order valence-corrected chi connectivity index (χ1v) is 7.09. The normalized spacial score (nSPS) is 11.9. The van der Waals surface area contributed by atoms with Gasteiger partial charge in [-0.05, 0) is 6.42 Å². The summed E-state index contributed by atoms with van der Waals surface area (Å²) in [5.74, 6) is 0.142. The van der Waals surface area contributed by atoms with E-state index in [2.05, 4.69) is 17.2 Å². The second kappa shape index (κ2) is 5.29. The van der Waals surface area contributed by atoms with E-state index >= 15 is 0 Å². The molecule has 2 N–H and O–H groups in total. The SMILES string of the molecule is CCCCCn1nnc(S(=O)(=O)CC)c1N. The van der Waals surface area contributed by atoms with Crippen molar-refractivity contribution in [3.8, 4) is 0 Å². The summed E-state index contributed by atoms with van der Waals surface area (Å²) >= 11 is 0. The van der Waals surface area contributed by atoms with E-state index in [-0.39, 0.29) is 16.6 Å². The first kappa shape index (κ1) is 13.0. The molecule has 0 spiro atoms. The van der Waals surface area contributed by atoms with Gasteiger partial charge in [0.25, 0.3) is 0 Å². The van der Waals surface area contributed by atoms with Crippen LogP contribution in [-0.4, -0.2) is 29.2 Å². The van der Waals surface area contributed by atoms with Crippen molar-refractivity contribution in [1.29, 1.82) is 0 Å². The molecule has 0 unspecified atom stereocenters. The maximum Gasteiger partial charge on any atom is 0.220 e. The molecule has 0 aliphatic carbocycles. The highest BCUT2D eigenvalue weighted by atomic mass is 32.2. The van der Waals surface area contributed by atoms with Crippen molar-refractivity contribution in [2.75, 3.05) is 11.5 Å². The second-order valence-corrected chi connectivity index (χ2v) is 5.81. The van der Waals surface area contributed by atoms with Crippen LogP contribution < -0.4 is 5.73 Å². The van der Waals surface area contributed by atoms with Gasteiger partial charge < -0.3 is 5.73 Å². The van der Waals surface area contributed by atoms with Crippen LogP contribution in [0.3, 0.4) is 0 Å². The Balaban J connectivity index is 2.85. The number of rotatable bonds is 6. The molecule has 1 rings (SSSR count). The topological polar surface area (TPSA) is 90.9 Å². The highest BCUT2D eigenvalue weighted by molar-refractivity contribution is 7.91. The minimum atomic E-state index is -3.36. The molecule has 0 fully saturated rings. The smallest absolute Gasteiger partial charge is 0.220 e. The molecule has 16 heavy (non-hydrogen) atoms. The number of hydrogen-bond acceptors (Lipinski definition) is 5. The summed E-state index contributed by atoms with van der Waals surface area (Å²) in [6.45, 7) is 4.27. The molecule has 92 valence electrons. The summed E-state index contributed by atoms with van der Waals surface area (Å²) in [6.07, 6.45) is 3.08. The minimum Gasteiger partial charge on any atom is -0.381 e. The van der Waals surface area contributed by atoms with E-state index in [9.17, 15) is 8.42 Å². The van der Waals surface area contributed by atoms with Crippen molar-refractivity contribution in [3.05, 3.63) is 0 Å². The quantitative estimate of drug-likeness (QED) is 0.751. The Labute approximate surface area is 95.7 Å². The molecule has 1 aromatic heterocycles. The van der Waals surface area contributed by atoms with Gasteiger partial charge in [-0.15, -0.1) is 5.10 Å². The van der Waals surface area contributed by atoms with Crippen molar-refractivity contribution in [2.24, 2.45) is 0 Å². The fraction of sp³-hybridized carbons (Fsp3) is 0.778. The summed E-state index contributed by atoms with van der Waals surface area (Å²) in [7, 11) is -3.36. The molecule has 6 nitrogen and oxygen atoms in total. The van der Waals surface area contributed by atoms with Gasteiger partial charge in [-0.2, -0.15) is 0 Å². The summed E-state index contributed by atoms with van der Waals surface area (Å²) < 4.78 is 24.6. The van der Waals surface area contributed by atoms with Gasteiger partial charge >= 0.3 is 0 Å². The van der Waals surface area contributed by atoms with Gasteiger partial charge in [-0.25, -0.2) is 13.1 Å². The zero-order chi connectivity index (χ0) is 12.2. The number of nitrogens with zero attached hydrogens (tertiary/aromatic N) is 3. The van der Waals surface area contributed by atoms with E-state index in [1.54, 1.807) is 6.92 Å². The van der Waals surface area contributed by atoms with Gasteiger partial charge in [0.1, 0.15) is 0 Å². The third kappa shape index (κ3) is 2.72. The van der Waals surface area contributed by atoms with Crippen LogP contribution in [0.15, 0.2) is 5.03 Å². The number of hydrogen-bond donors (Lipinski definition) is 1. The van der Waals surface area contributed by atoms with Crippen molar-refractivity contribution >= 4 is 15.7 Å². The van der Waals surface area contributed by atoms with E-state index < -0.39 is 9.84 Å². The first-order chi connectivity index (χ1) is 7.53. The number of sulfone groups is 1. The van der Waals surface area contributed by atoms with Crippen LogP contribution in [-0.2, 0) is 16.4 Å². The lowest BCUT2D eigenvalue weighted by Crippen LogP contribution is -2.09. The zero-order valence-corrected chi connectivity index (χ0v) is 10.5. The average Bonchev–Trinajstić information content (AvgIpc) is 2.62. The summed E-state index contributed by atoms with van der Waals surface area (Å²) in [5.41, 5.74) is 5.71. The van der Waals surface area contributed by atoms with Gasteiger partial charge in [-0.1, -0.05) is 31.9 Å². The van der Waals surface area contributed by atoms with Crippen LogP contribution in [0.4, 0.5) is 5.82 Å². The predicted molar refractivity (Wildman–Crippen MR) is 61.7 cm³/mol. The number of aryl methyl sites for hydroxylation is 1. The van der Waals surface area contributed by atoms with Crippen molar-refractivity contribution < 1.29 is 8.42 Å². The Bertz CT molecular complexity index is 438. The standard InChI is InChI=1S/C9H18N4O2S/c1-3-5-6-7-13-8(10)9(11-12-13)16(14,15)4-2/h3-7,10H2,1-2H3. The monoisotopic (exact) mass is 246 g/mol. The van der Waals surface area contributed by atoms with E-state index in [4.69, 9.17) is 5.73 Å². The summed E-state index contributed by atoms with van der Waals surface area (Å²) in [4.78, 5) is 0. The highest BCUT2D eigenvalue weighted by Gasteiger charge is 2.21. The van der Waals surface area contributed by atoms with Crippen molar-refractivity contribution in [1.82, 2.24) is 15.0 Å². The molecule has 0 atom stereocenters. The third-order valence-electron chi connectivity index (χ3n) is 2.39. The predicted octanol–water partition coefficient (Wildman–Crippen LogP) is 0.844. The van der Waals surface area contributed by atoms with Gasteiger partial charge in [0, 0.05) is 6.54 Å². The fourth-order valence-electron chi connectivity index (χ4n) is 1.34. The lowest BCUT2D eigenvalue weighted by Gasteiger charge is -2.02. The number of anilines is 1. The molecule has 0 aliphatic rings. The van der Waals surface area contributed by atoms with E-state index in [0.29, 0.717) is 6.54 Å². The maximum atomic E-state index is 11.6. The molecule has 0 saturated heterocycles. The van der Waals surface area contributed by atoms with Gasteiger partial charge in [0.15, 0.2) is 5.82 Å². The molecule has 0 bridgehead atoms. The van der Waals surface area contributed by atoms with Gasteiger partial charge in [-0.3, -0.25) is 0 Å². The third-order valence-corrected chi connectivity index (χ3v) is 4.03. The largest absolute Gasteiger partial charge is 0.381 e. The van der Waals surface area contributed by atoms with E-state index in [1.165, 1.54) is 4.68 Å². The Morgan fingerprint density at radius 3 is 2.56 bits per heavy atom. The van der Waals surface area contributed by atoms with Gasteiger partial charge in [0.05, 0.1) is 5.75 Å². The van der Waals surface area contributed by atoms with Crippen molar-refractivity contribution in [3.63, 3.8) is 0 Å². The summed E-state index contributed by atoms with van der Waals surface area (Å²) in [5, 5.41) is 7.31. The number of nitrogen functional groups attached to an aromatic ring is 1. The molecule has 1 heterocycles. The fourth-order valence-corrected chi connectivity index (χ4v) is 2.20. The van der Waals surface area contributed by atoms with Crippen LogP contribution in [0.25, 0.3) is 0 Å². The number of aromatic nitrogens is 3. The Morgan fingerprint density at radius 2 is 2.00 bits per heavy atom. The molecule has 0 radical (unpaired) electrons. The Morgan fingerprint density at radius 1 is 1.31 bits per heavy atom. The molecule has 0 saturated carbocycles. The molecular formula is C9H18N4O2S. The number of nitrogens with two attached hydrogens (primary N) is 1. The molecule has 1 aromatic rings. The van der Waals surface area contributed by atoms with Crippen LogP contribution >= 0.6 is 0 Å². The van der Waals surface area contributed by atoms with Crippen LogP contribution in [0.2, 0.25) is 0 Å². The number of unbranched alkanes of at least 4 members (excludes halogenated alkanes) is 2. The molecule has 7 heteroatoms. The minimum absolute atomic E-state index is 0.00907. The summed E-state index contributed by atoms with van der Waals surface area (Å²) in [6, 6.07) is 0. The highest BCUT2D eigenvalue weighted by Crippen LogP contribution is 2.16. The first-order valence-electron chi connectivity index (χ1n) is 5.44. The maximum absolute atomic E-state index is 11.6. The Hall–Kier alpha value is -1.11. The lowest BCUT2D eigenvalue weighted by molar-refractivity contribution is 0.543. The zero-order valence-electron chi connectivity index (χ0n) is 9.68. The van der Waals surface area contributed by atoms with Crippen LogP contribution in [0, 0.1) is 0 Å². The van der Waals surface area contributed by atoms with Gasteiger partial charge in [0.2, 0.25) is 14.9 Å². The molecular weight excluding hydrogens is 228 g/mol. The lowest BCUT2D eigenvalue weighted by atomic mass is 10.2. The molecule has 0 aromatic carbocycles. The molecule has 0 amide bonds. The van der Waals surface area contributed by atoms with Crippen molar-refractivity contribution in [2.45, 2.75) is 44.7 Å². The van der Waals surface area contributed by atoms with E-state index in [0.717, 1.165) is 19.3 Å². The van der Waals surface area contributed by atoms with E-state index in [1.807, 2.05) is 0 Å². The Kier molecular flexibility index (Phi) is 4.28. The second-order valence-electron chi connectivity index (χ2n) is 3.61. The average molecular weight is 246 g/mol. The van der Waals surface area contributed by atoms with Crippen LogP contribution in [0.5, 0.6) is 0 Å². The van der Waals surface area contributed by atoms with Crippen LogP contribution in [0.1, 0.15) is 33.1 Å².